The first-order valence-electron chi connectivity index (χ1n) is 3.38. The van der Waals surface area contributed by atoms with Gasteiger partial charge in [0, 0.05) is 18.1 Å². The first kappa shape index (κ1) is 9.08. The maximum absolute atomic E-state index is 6.67. The average Bonchev–Trinajstić information content (AvgIpc) is 1.88. The van der Waals surface area contributed by atoms with Crippen LogP contribution in [-0.2, 0) is 0 Å². The van der Waals surface area contributed by atoms with Crippen molar-refractivity contribution in [1.82, 2.24) is 0 Å². The molecule has 0 saturated carbocycles. The highest BCUT2D eigenvalue weighted by Gasteiger charge is 1.93. The van der Waals surface area contributed by atoms with Gasteiger partial charge in [-0.05, 0) is 18.9 Å². The summed E-state index contributed by atoms with van der Waals surface area (Å²) in [4.78, 5) is 4.10. The molecule has 0 aromatic rings. The molecule has 0 aliphatic rings. The molecule has 0 aliphatic heterocycles. The zero-order valence-electron chi connectivity index (χ0n) is 6.76. The molecule has 1 N–H and O–H groups in total. The lowest BCUT2D eigenvalue weighted by Gasteiger charge is -1.99. The van der Waals surface area contributed by atoms with Crippen LogP contribution in [0, 0.1) is 11.3 Å². The number of nitrogens with zero attached hydrogens (tertiary/aromatic N) is 1. The van der Waals surface area contributed by atoms with Crippen LogP contribution >= 0.6 is 0 Å². The van der Waals surface area contributed by atoms with E-state index in [1.54, 1.807) is 12.3 Å². The second kappa shape index (κ2) is 4.91. The van der Waals surface area contributed by atoms with Crippen LogP contribution < -0.4 is 0 Å². The molecule has 0 aromatic heterocycles. The largest absolute Gasteiger partial charge is 0.309 e. The van der Waals surface area contributed by atoms with E-state index in [4.69, 9.17) is 5.41 Å². The molecule has 0 aromatic carbocycles. The van der Waals surface area contributed by atoms with E-state index in [0.717, 1.165) is 5.71 Å². The van der Waals surface area contributed by atoms with Gasteiger partial charge >= 0.3 is 0 Å². The topological polar surface area (TPSA) is 36.2 Å². The van der Waals surface area contributed by atoms with E-state index in [9.17, 15) is 0 Å². The maximum Gasteiger partial charge on any atom is 0.0282 e. The van der Waals surface area contributed by atoms with Gasteiger partial charge in [-0.2, -0.15) is 0 Å². The van der Waals surface area contributed by atoms with Gasteiger partial charge in [-0.1, -0.05) is 13.8 Å². The third-order valence-corrected chi connectivity index (χ3v) is 1.30. The summed E-state index contributed by atoms with van der Waals surface area (Å²) in [5.41, 5.74) is 1.10. The molecule has 0 unspecified atom stereocenters. The quantitative estimate of drug-likeness (QED) is 0.581. The van der Waals surface area contributed by atoms with E-state index < -0.39 is 0 Å². The van der Waals surface area contributed by atoms with E-state index in [0.29, 0.717) is 5.92 Å². The van der Waals surface area contributed by atoms with Crippen LogP contribution in [0.15, 0.2) is 17.3 Å². The van der Waals surface area contributed by atoms with Crippen molar-refractivity contribution < 1.29 is 0 Å². The number of hydrogen-bond acceptors (Lipinski definition) is 2. The number of allylic oxidation sites excluding steroid dienone is 1. The van der Waals surface area contributed by atoms with E-state index in [1.165, 1.54) is 6.21 Å². The van der Waals surface area contributed by atoms with Gasteiger partial charge in [-0.3, -0.25) is 4.99 Å². The minimum Gasteiger partial charge on any atom is -0.309 e. The number of nitrogens with one attached hydrogen (secondary N) is 1. The van der Waals surface area contributed by atoms with Crippen LogP contribution in [0.1, 0.15) is 20.8 Å². The van der Waals surface area contributed by atoms with Gasteiger partial charge < -0.3 is 5.41 Å². The fraction of sp³-hybridized carbons (Fsp3) is 0.500. The SMILES string of the molecule is CC(=N/C=C\C=N)C(C)C. The van der Waals surface area contributed by atoms with Crippen LogP contribution in [-0.4, -0.2) is 11.9 Å². The lowest BCUT2D eigenvalue weighted by Crippen LogP contribution is -1.99. The molecule has 0 fully saturated rings. The Morgan fingerprint density at radius 1 is 1.50 bits per heavy atom. The molecule has 10 heavy (non-hydrogen) atoms. The predicted molar refractivity (Wildman–Crippen MR) is 45.9 cm³/mol. The zero-order chi connectivity index (χ0) is 7.98. The Bertz CT molecular complexity index is 155. The van der Waals surface area contributed by atoms with Crippen molar-refractivity contribution in [2.24, 2.45) is 10.9 Å². The summed E-state index contributed by atoms with van der Waals surface area (Å²) in [6, 6.07) is 0. The first-order chi connectivity index (χ1) is 4.68. The summed E-state index contributed by atoms with van der Waals surface area (Å²) in [7, 11) is 0. The Kier molecular flexibility index (Phi) is 4.46. The Morgan fingerprint density at radius 3 is 2.50 bits per heavy atom. The summed E-state index contributed by atoms with van der Waals surface area (Å²) >= 11 is 0. The molecule has 2 nitrogen and oxygen atoms in total. The highest BCUT2D eigenvalue weighted by atomic mass is 14.7. The van der Waals surface area contributed by atoms with E-state index in [1.807, 2.05) is 6.92 Å². The second-order valence-corrected chi connectivity index (χ2v) is 2.43. The monoisotopic (exact) mass is 138 g/mol. The standard InChI is InChI=1S/C8H14N2/c1-7(2)8(3)10-6-4-5-9/h4-7,9H,1-3H3/b6-4-,9-5?,10-8?. The minimum absolute atomic E-state index is 0.496. The lowest BCUT2D eigenvalue weighted by atomic mass is 10.1. The molecule has 2 heteroatoms. The molecular weight excluding hydrogens is 124 g/mol. The zero-order valence-corrected chi connectivity index (χ0v) is 6.76. The van der Waals surface area contributed by atoms with Crippen molar-refractivity contribution in [3.8, 4) is 0 Å². The molecule has 0 rings (SSSR count). The molecule has 0 spiro atoms. The summed E-state index contributed by atoms with van der Waals surface area (Å²) < 4.78 is 0. The third kappa shape index (κ3) is 4.01. The molecular formula is C8H14N2. The fourth-order valence-corrected chi connectivity index (χ4v) is 0.353. The summed E-state index contributed by atoms with van der Waals surface area (Å²) in [5, 5.41) is 6.67. The molecule has 56 valence electrons. The van der Waals surface area contributed by atoms with Gasteiger partial charge in [0.2, 0.25) is 0 Å². The molecule has 0 bridgehead atoms. The van der Waals surface area contributed by atoms with Gasteiger partial charge in [0.05, 0.1) is 0 Å². The number of rotatable bonds is 3. The molecule has 0 heterocycles. The van der Waals surface area contributed by atoms with Crippen LogP contribution in [0.5, 0.6) is 0 Å². The van der Waals surface area contributed by atoms with Crippen LogP contribution in [0.4, 0.5) is 0 Å². The van der Waals surface area contributed by atoms with Gasteiger partial charge in [0.1, 0.15) is 0 Å². The highest BCUT2D eigenvalue weighted by molar-refractivity contribution is 5.84. The molecule has 0 radical (unpaired) electrons. The first-order valence-corrected chi connectivity index (χ1v) is 3.38. The van der Waals surface area contributed by atoms with Crippen LogP contribution in [0.3, 0.4) is 0 Å². The minimum atomic E-state index is 0.496. The second-order valence-electron chi connectivity index (χ2n) is 2.43. The summed E-state index contributed by atoms with van der Waals surface area (Å²) in [5.74, 6) is 0.496. The van der Waals surface area contributed by atoms with Gasteiger partial charge in [0.25, 0.3) is 0 Å². The number of hydrogen-bond donors (Lipinski definition) is 1. The average molecular weight is 138 g/mol. The smallest absolute Gasteiger partial charge is 0.0282 e. The molecule has 0 atom stereocenters. The van der Waals surface area contributed by atoms with Crippen molar-refractivity contribution >= 4 is 11.9 Å². The molecule has 0 saturated heterocycles. The van der Waals surface area contributed by atoms with Gasteiger partial charge in [-0.25, -0.2) is 0 Å². The van der Waals surface area contributed by atoms with Crippen molar-refractivity contribution in [2.45, 2.75) is 20.8 Å². The highest BCUT2D eigenvalue weighted by Crippen LogP contribution is 1.95. The third-order valence-electron chi connectivity index (χ3n) is 1.30. The van der Waals surface area contributed by atoms with Crippen molar-refractivity contribution in [3.05, 3.63) is 12.3 Å². The lowest BCUT2D eigenvalue weighted by molar-refractivity contribution is 0.878. The normalized spacial score (nSPS) is 13.0. The predicted octanol–water partition coefficient (Wildman–Crippen LogP) is 2.27. The Labute approximate surface area is 62.2 Å². The molecule has 0 amide bonds. The van der Waals surface area contributed by atoms with Gasteiger partial charge in [-0.15, -0.1) is 0 Å². The Hall–Kier alpha value is -0.920. The number of aliphatic imine (C=N–C) groups is 1. The van der Waals surface area contributed by atoms with Crippen molar-refractivity contribution in [1.29, 1.82) is 5.41 Å². The summed E-state index contributed by atoms with van der Waals surface area (Å²) in [6.07, 6.45) is 4.46. The van der Waals surface area contributed by atoms with E-state index >= 15 is 0 Å². The van der Waals surface area contributed by atoms with Crippen molar-refractivity contribution in [3.63, 3.8) is 0 Å². The van der Waals surface area contributed by atoms with E-state index in [2.05, 4.69) is 18.8 Å². The Balaban J connectivity index is 3.91. The fourth-order valence-electron chi connectivity index (χ4n) is 0.353. The van der Waals surface area contributed by atoms with E-state index in [-0.39, 0.29) is 0 Å². The van der Waals surface area contributed by atoms with Crippen LogP contribution in [0.25, 0.3) is 0 Å². The van der Waals surface area contributed by atoms with Gasteiger partial charge in [0.15, 0.2) is 0 Å². The maximum atomic E-state index is 6.67. The van der Waals surface area contributed by atoms with Crippen molar-refractivity contribution in [2.75, 3.05) is 0 Å². The van der Waals surface area contributed by atoms with Crippen LogP contribution in [0.2, 0.25) is 0 Å². The molecule has 0 aliphatic carbocycles. The Morgan fingerprint density at radius 2 is 2.10 bits per heavy atom. The summed E-state index contributed by atoms with van der Waals surface area (Å²) in [6.45, 7) is 6.17.